The highest BCUT2D eigenvalue weighted by Gasteiger charge is 2.34. The summed E-state index contributed by atoms with van der Waals surface area (Å²) < 4.78 is 23.1. The number of esters is 1. The molecule has 1 saturated heterocycles. The molecule has 32 heavy (non-hydrogen) atoms. The Labute approximate surface area is 184 Å². The summed E-state index contributed by atoms with van der Waals surface area (Å²) in [6.45, 7) is 3.83. The van der Waals surface area contributed by atoms with Crippen LogP contribution in [0.3, 0.4) is 0 Å². The molecule has 1 amide bonds. The summed E-state index contributed by atoms with van der Waals surface area (Å²) in [5.41, 5.74) is 1.75. The van der Waals surface area contributed by atoms with Gasteiger partial charge in [0.15, 0.2) is 18.1 Å². The smallest absolute Gasteiger partial charge is 0.338 e. The number of fused-ring (bicyclic) bond motifs is 1. The third-order valence-corrected chi connectivity index (χ3v) is 5.42. The van der Waals surface area contributed by atoms with Gasteiger partial charge in [0.1, 0.15) is 12.4 Å². The van der Waals surface area contributed by atoms with Gasteiger partial charge >= 0.3 is 5.97 Å². The van der Waals surface area contributed by atoms with Crippen molar-refractivity contribution in [3.05, 3.63) is 41.4 Å². The van der Waals surface area contributed by atoms with E-state index in [0.29, 0.717) is 55.0 Å². The van der Waals surface area contributed by atoms with Gasteiger partial charge in [0.25, 0.3) is 5.91 Å². The first kappa shape index (κ1) is 21.6. The predicted molar refractivity (Wildman–Crippen MR) is 112 cm³/mol. The largest absolute Gasteiger partial charge is 0.493 e. The molecule has 1 atom stereocenters. The van der Waals surface area contributed by atoms with Gasteiger partial charge in [-0.2, -0.15) is 10.1 Å². The van der Waals surface area contributed by atoms with Crippen LogP contribution in [0.4, 0.5) is 5.95 Å². The summed E-state index contributed by atoms with van der Waals surface area (Å²) in [6, 6.07) is 4.70. The molecular weight excluding hydrogens is 418 g/mol. The predicted octanol–water partition coefficient (Wildman–Crippen LogP) is 0.986. The van der Waals surface area contributed by atoms with Crippen LogP contribution in [0.2, 0.25) is 0 Å². The Hall–Kier alpha value is -3.60. The summed E-state index contributed by atoms with van der Waals surface area (Å²) in [5, 5.41) is 7.34. The monoisotopic (exact) mass is 443 g/mol. The Balaban J connectivity index is 1.60. The number of nitrogens with one attached hydrogen (secondary N) is 1. The van der Waals surface area contributed by atoms with Crippen LogP contribution >= 0.6 is 0 Å². The molecule has 2 aromatic rings. The summed E-state index contributed by atoms with van der Waals surface area (Å²) in [4.78, 5) is 30.9. The maximum atomic E-state index is 12.6. The Morgan fingerprint density at radius 1 is 1.22 bits per heavy atom. The highest BCUT2D eigenvalue weighted by Crippen LogP contribution is 2.38. The van der Waals surface area contributed by atoms with Crippen LogP contribution in [0.25, 0.3) is 0 Å². The number of carbonyl (C=O) groups excluding carboxylic acids is 2. The fourth-order valence-corrected chi connectivity index (χ4v) is 3.79. The van der Waals surface area contributed by atoms with E-state index < -0.39 is 12.0 Å². The number of hydrogen-bond acceptors (Lipinski definition) is 9. The second-order valence-corrected chi connectivity index (χ2v) is 7.28. The van der Waals surface area contributed by atoms with Crippen LogP contribution in [-0.2, 0) is 19.1 Å². The summed E-state index contributed by atoms with van der Waals surface area (Å²) in [5.74, 6) is 0.772. The van der Waals surface area contributed by atoms with Gasteiger partial charge in [0.05, 0.1) is 33.0 Å². The maximum absolute atomic E-state index is 12.6. The van der Waals surface area contributed by atoms with Crippen molar-refractivity contribution in [2.45, 2.75) is 13.0 Å². The number of hydrogen-bond donors (Lipinski definition) is 1. The molecule has 1 fully saturated rings. The molecule has 4 rings (SSSR count). The van der Waals surface area contributed by atoms with Gasteiger partial charge < -0.3 is 29.2 Å². The van der Waals surface area contributed by atoms with Gasteiger partial charge in [0.2, 0.25) is 5.95 Å². The van der Waals surface area contributed by atoms with E-state index in [1.165, 1.54) is 20.5 Å². The Morgan fingerprint density at radius 2 is 2.00 bits per heavy atom. The highest BCUT2D eigenvalue weighted by atomic mass is 16.5. The van der Waals surface area contributed by atoms with Crippen molar-refractivity contribution in [2.24, 2.45) is 0 Å². The molecule has 2 aliphatic heterocycles. The van der Waals surface area contributed by atoms with Crippen LogP contribution in [-0.4, -0.2) is 78.7 Å². The van der Waals surface area contributed by atoms with E-state index in [0.717, 1.165) is 5.56 Å². The van der Waals surface area contributed by atoms with Crippen molar-refractivity contribution < 1.29 is 28.5 Å². The lowest BCUT2D eigenvalue weighted by molar-refractivity contribution is -0.137. The molecule has 0 saturated carbocycles. The average Bonchev–Trinajstić information content (AvgIpc) is 3.29. The van der Waals surface area contributed by atoms with Gasteiger partial charge in [-0.25, -0.2) is 9.48 Å². The fourth-order valence-electron chi connectivity index (χ4n) is 3.79. The van der Waals surface area contributed by atoms with E-state index in [9.17, 15) is 9.59 Å². The molecular formula is C21H25N5O6. The Bertz CT molecular complexity index is 1040. The zero-order chi connectivity index (χ0) is 22.7. The van der Waals surface area contributed by atoms with Crippen molar-refractivity contribution in [3.8, 4) is 11.5 Å². The van der Waals surface area contributed by atoms with Crippen LogP contribution in [0.5, 0.6) is 11.5 Å². The molecule has 11 heteroatoms. The number of methoxy groups -OCH3 is 2. The minimum absolute atomic E-state index is 0.108. The molecule has 11 nitrogen and oxygen atoms in total. The first-order valence-electron chi connectivity index (χ1n) is 10.1. The molecule has 2 aliphatic rings. The highest BCUT2D eigenvalue weighted by molar-refractivity contribution is 5.92. The van der Waals surface area contributed by atoms with Crippen molar-refractivity contribution >= 4 is 17.8 Å². The van der Waals surface area contributed by atoms with Gasteiger partial charge in [-0.3, -0.25) is 4.79 Å². The zero-order valence-corrected chi connectivity index (χ0v) is 18.2. The van der Waals surface area contributed by atoms with E-state index in [2.05, 4.69) is 15.4 Å². The molecule has 0 bridgehead atoms. The van der Waals surface area contributed by atoms with Crippen LogP contribution in [0, 0.1) is 0 Å². The van der Waals surface area contributed by atoms with Crippen molar-refractivity contribution in [1.29, 1.82) is 0 Å². The van der Waals surface area contributed by atoms with Crippen molar-refractivity contribution in [2.75, 3.05) is 52.4 Å². The van der Waals surface area contributed by atoms with E-state index in [4.69, 9.17) is 18.9 Å². The van der Waals surface area contributed by atoms with Gasteiger partial charge in [-0.1, -0.05) is 6.07 Å². The molecule has 1 aromatic heterocycles. The number of nitrogens with zero attached hydrogens (tertiary/aromatic N) is 4. The second kappa shape index (κ2) is 9.27. The number of ether oxygens (including phenoxy) is 4. The maximum Gasteiger partial charge on any atom is 0.338 e. The molecule has 170 valence electrons. The normalized spacial score (nSPS) is 18.0. The van der Waals surface area contributed by atoms with E-state index >= 15 is 0 Å². The second-order valence-electron chi connectivity index (χ2n) is 7.28. The van der Waals surface area contributed by atoms with Gasteiger partial charge in [-0.05, 0) is 24.6 Å². The minimum Gasteiger partial charge on any atom is -0.493 e. The van der Waals surface area contributed by atoms with Crippen LogP contribution in [0.1, 0.15) is 18.5 Å². The Morgan fingerprint density at radius 3 is 2.72 bits per heavy atom. The van der Waals surface area contributed by atoms with E-state index in [1.807, 2.05) is 0 Å². The van der Waals surface area contributed by atoms with Crippen LogP contribution < -0.4 is 14.8 Å². The summed E-state index contributed by atoms with van der Waals surface area (Å²) in [7, 11) is 2.85. The third kappa shape index (κ3) is 4.11. The lowest BCUT2D eigenvalue weighted by Gasteiger charge is -2.28. The minimum atomic E-state index is -0.570. The zero-order valence-electron chi connectivity index (χ0n) is 18.2. The topological polar surface area (TPSA) is 117 Å². The average molecular weight is 443 g/mol. The van der Waals surface area contributed by atoms with Crippen molar-refractivity contribution in [3.63, 3.8) is 0 Å². The van der Waals surface area contributed by atoms with E-state index in [1.54, 1.807) is 34.7 Å². The quantitative estimate of drug-likeness (QED) is 0.652. The van der Waals surface area contributed by atoms with E-state index in [-0.39, 0.29) is 12.5 Å². The van der Waals surface area contributed by atoms with Crippen LogP contribution in [0.15, 0.2) is 35.8 Å². The lowest BCUT2D eigenvalue weighted by atomic mass is 9.95. The fraction of sp³-hybridized carbons (Fsp3) is 0.429. The number of carbonyl (C=O) groups is 2. The number of allylic oxidation sites excluding steroid dienone is 1. The molecule has 1 N–H and O–H groups in total. The molecule has 0 spiro atoms. The summed E-state index contributed by atoms with van der Waals surface area (Å²) in [6.07, 6.45) is 1.41. The molecule has 1 aromatic carbocycles. The number of anilines is 1. The first-order valence-corrected chi connectivity index (χ1v) is 10.1. The van der Waals surface area contributed by atoms with Gasteiger partial charge in [-0.15, -0.1) is 0 Å². The Kier molecular flexibility index (Phi) is 6.26. The first-order chi connectivity index (χ1) is 15.5. The molecule has 0 unspecified atom stereocenters. The number of benzene rings is 1. The number of morpholine rings is 1. The summed E-state index contributed by atoms with van der Waals surface area (Å²) >= 11 is 0. The SMILES string of the molecule is COC(=O)C1=C(C)Nc2ncnn2[C@H]1c1ccc(OCC(=O)N2CCOCC2)c(OC)c1. The molecule has 3 heterocycles. The molecule has 0 radical (unpaired) electrons. The number of aromatic nitrogens is 3. The number of rotatable bonds is 6. The van der Waals surface area contributed by atoms with Gasteiger partial charge in [0, 0.05) is 18.8 Å². The lowest BCUT2D eigenvalue weighted by Crippen LogP contribution is -2.43. The molecule has 0 aliphatic carbocycles. The standard InChI is InChI=1S/C21H25N5O6/c1-13-18(20(28)30-3)19(26-21(24-13)22-12-23-26)14-4-5-15(16(10-14)29-2)32-11-17(27)25-6-8-31-9-7-25/h4-5,10,12,19H,6-9,11H2,1-3H3,(H,22,23,24)/t19-/m0/s1. The number of amides is 1. The van der Waals surface area contributed by atoms with Crippen molar-refractivity contribution in [1.82, 2.24) is 19.7 Å². The third-order valence-electron chi connectivity index (χ3n) is 5.42.